The van der Waals surface area contributed by atoms with E-state index in [1.807, 2.05) is 23.1 Å². The van der Waals surface area contributed by atoms with Crippen LogP contribution in [0.5, 0.6) is 0 Å². The molecule has 1 aromatic heterocycles. The lowest BCUT2D eigenvalue weighted by atomic mass is 10.2. The molecule has 0 aliphatic carbocycles. The van der Waals surface area contributed by atoms with Crippen LogP contribution in [0.1, 0.15) is 32.1 Å². The molecule has 0 radical (unpaired) electrons. The number of aryl methyl sites for hydroxylation is 1. The number of rotatable bonds is 5. The molecule has 0 spiro atoms. The normalized spacial score (nSPS) is 14.3. The number of halogens is 1. The first-order chi connectivity index (χ1) is 8.36. The zero-order valence-electron chi connectivity index (χ0n) is 10.7. The molecule has 0 unspecified atom stereocenters. The summed E-state index contributed by atoms with van der Waals surface area (Å²) in [7, 11) is 0. The van der Waals surface area contributed by atoms with E-state index in [0.717, 1.165) is 32.5 Å². The number of likely N-dealkylation sites (tertiary alicyclic amines) is 1. The maximum Gasteiger partial charge on any atom is 0.222 e. The predicted octanol–water partition coefficient (Wildman–Crippen LogP) is -1.23. The van der Waals surface area contributed by atoms with Gasteiger partial charge in [-0.25, -0.2) is 4.57 Å². The molecule has 0 bridgehead atoms. The van der Waals surface area contributed by atoms with Crippen LogP contribution in [0.2, 0.25) is 0 Å². The highest BCUT2D eigenvalue weighted by atomic mass is 79.9. The fourth-order valence-electron chi connectivity index (χ4n) is 2.28. The Labute approximate surface area is 120 Å². The number of aromatic nitrogens is 1. The van der Waals surface area contributed by atoms with Gasteiger partial charge in [0.1, 0.15) is 6.54 Å². The number of hydrogen-bond acceptors (Lipinski definition) is 1. The minimum Gasteiger partial charge on any atom is -1.00 e. The minimum absolute atomic E-state index is 0. The third kappa shape index (κ3) is 4.77. The van der Waals surface area contributed by atoms with E-state index < -0.39 is 0 Å². The van der Waals surface area contributed by atoms with Crippen molar-refractivity contribution in [2.24, 2.45) is 0 Å². The Kier molecular flexibility index (Phi) is 6.94. The summed E-state index contributed by atoms with van der Waals surface area (Å²) in [5.74, 6) is 0.348. The van der Waals surface area contributed by atoms with Crippen LogP contribution in [0.15, 0.2) is 30.6 Å². The lowest BCUT2D eigenvalue weighted by Crippen LogP contribution is -3.00. The Morgan fingerprint density at radius 3 is 2.39 bits per heavy atom. The molecule has 1 aromatic rings. The van der Waals surface area contributed by atoms with Crippen molar-refractivity contribution in [1.29, 1.82) is 0 Å². The average molecular weight is 313 g/mol. The number of pyridine rings is 1. The Balaban J connectivity index is 0.00000162. The molecule has 3 nitrogen and oxygen atoms in total. The van der Waals surface area contributed by atoms with Crippen LogP contribution in [-0.2, 0) is 11.3 Å². The van der Waals surface area contributed by atoms with Gasteiger partial charge >= 0.3 is 0 Å². The quantitative estimate of drug-likeness (QED) is 0.493. The van der Waals surface area contributed by atoms with Gasteiger partial charge in [-0.15, -0.1) is 0 Å². The first-order valence-corrected chi connectivity index (χ1v) is 6.58. The minimum atomic E-state index is 0. The second-order valence-corrected chi connectivity index (χ2v) is 4.66. The van der Waals surface area contributed by atoms with E-state index in [9.17, 15) is 4.79 Å². The maximum atomic E-state index is 11.8. The summed E-state index contributed by atoms with van der Waals surface area (Å²) in [6.45, 7) is 2.96. The summed E-state index contributed by atoms with van der Waals surface area (Å²) in [5, 5.41) is 0. The topological polar surface area (TPSA) is 24.2 Å². The van der Waals surface area contributed by atoms with Gasteiger partial charge in [-0.2, -0.15) is 0 Å². The van der Waals surface area contributed by atoms with Gasteiger partial charge in [-0.05, 0) is 19.3 Å². The molecule has 0 saturated carbocycles. The van der Waals surface area contributed by atoms with E-state index >= 15 is 0 Å². The van der Waals surface area contributed by atoms with Crippen LogP contribution in [0.25, 0.3) is 0 Å². The van der Waals surface area contributed by atoms with Crippen molar-refractivity contribution >= 4 is 5.91 Å². The van der Waals surface area contributed by atoms with Crippen molar-refractivity contribution in [2.75, 3.05) is 13.1 Å². The van der Waals surface area contributed by atoms with E-state index in [-0.39, 0.29) is 17.0 Å². The van der Waals surface area contributed by atoms with Gasteiger partial charge in [0.2, 0.25) is 5.91 Å². The number of hydrogen-bond donors (Lipinski definition) is 0. The molecule has 1 saturated heterocycles. The lowest BCUT2D eigenvalue weighted by molar-refractivity contribution is -0.697. The summed E-state index contributed by atoms with van der Waals surface area (Å²) in [4.78, 5) is 13.8. The molecule has 1 aliphatic rings. The maximum absolute atomic E-state index is 11.8. The fraction of sp³-hybridized carbons (Fsp3) is 0.571. The zero-order valence-corrected chi connectivity index (χ0v) is 12.3. The van der Waals surface area contributed by atoms with E-state index in [1.165, 1.54) is 12.8 Å². The summed E-state index contributed by atoms with van der Waals surface area (Å²) in [6, 6.07) is 6.10. The molecule has 100 valence electrons. The Hall–Kier alpha value is -0.900. The largest absolute Gasteiger partial charge is 1.00 e. The monoisotopic (exact) mass is 312 g/mol. The van der Waals surface area contributed by atoms with E-state index in [1.54, 1.807) is 0 Å². The van der Waals surface area contributed by atoms with Crippen molar-refractivity contribution in [1.82, 2.24) is 4.90 Å². The van der Waals surface area contributed by atoms with Crippen LogP contribution in [-0.4, -0.2) is 23.9 Å². The van der Waals surface area contributed by atoms with E-state index in [2.05, 4.69) is 17.0 Å². The molecule has 1 fully saturated rings. The smallest absolute Gasteiger partial charge is 0.222 e. The molecule has 2 heterocycles. The molecule has 1 aliphatic heterocycles. The van der Waals surface area contributed by atoms with E-state index in [4.69, 9.17) is 0 Å². The average Bonchev–Trinajstić information content (AvgIpc) is 2.89. The van der Waals surface area contributed by atoms with Crippen molar-refractivity contribution in [3.8, 4) is 0 Å². The van der Waals surface area contributed by atoms with Gasteiger partial charge < -0.3 is 21.9 Å². The number of nitrogens with zero attached hydrogens (tertiary/aromatic N) is 2. The van der Waals surface area contributed by atoms with Crippen molar-refractivity contribution < 1.29 is 26.3 Å². The number of unbranched alkanes of at least 4 members (excludes halogenated alkanes) is 1. The van der Waals surface area contributed by atoms with E-state index in [0.29, 0.717) is 12.3 Å². The summed E-state index contributed by atoms with van der Waals surface area (Å²) < 4.78 is 2.17. The highest BCUT2D eigenvalue weighted by Gasteiger charge is 2.16. The Morgan fingerprint density at radius 1 is 1.06 bits per heavy atom. The molecule has 4 heteroatoms. The van der Waals surface area contributed by atoms with Gasteiger partial charge in [0.25, 0.3) is 0 Å². The fourth-order valence-corrected chi connectivity index (χ4v) is 2.28. The SMILES string of the molecule is O=C(CCCC[n+]1ccccc1)N1CCCC1.[Br-]. The van der Waals surface area contributed by atoms with Crippen LogP contribution in [0.3, 0.4) is 0 Å². The van der Waals surface area contributed by atoms with Crippen molar-refractivity contribution in [2.45, 2.75) is 38.6 Å². The highest BCUT2D eigenvalue weighted by molar-refractivity contribution is 5.76. The zero-order chi connectivity index (χ0) is 11.9. The van der Waals surface area contributed by atoms with Crippen molar-refractivity contribution in [3.05, 3.63) is 30.6 Å². The molecular formula is C14H21BrN2O. The van der Waals surface area contributed by atoms with Crippen molar-refractivity contribution in [3.63, 3.8) is 0 Å². The molecule has 0 aromatic carbocycles. The summed E-state index contributed by atoms with van der Waals surface area (Å²) in [6.07, 6.45) is 9.31. The third-order valence-electron chi connectivity index (χ3n) is 3.29. The predicted molar refractivity (Wildman–Crippen MR) is 66.3 cm³/mol. The van der Waals surface area contributed by atoms with Gasteiger partial charge in [0, 0.05) is 38.1 Å². The van der Waals surface area contributed by atoms with Crippen LogP contribution in [0, 0.1) is 0 Å². The first kappa shape index (κ1) is 15.2. The van der Waals surface area contributed by atoms with Gasteiger partial charge in [0.15, 0.2) is 12.4 Å². The lowest BCUT2D eigenvalue weighted by Gasteiger charge is -2.14. The Bertz CT molecular complexity index is 350. The first-order valence-electron chi connectivity index (χ1n) is 6.58. The standard InChI is InChI=1S/C14H21N2O.BrH/c17-14(16-12-6-7-13-16)8-2-5-11-15-9-3-1-4-10-15;/h1,3-4,9-10H,2,5-8,11-13H2;1H/q+1;/p-1. The third-order valence-corrected chi connectivity index (χ3v) is 3.29. The van der Waals surface area contributed by atoms with Gasteiger partial charge in [-0.3, -0.25) is 4.79 Å². The highest BCUT2D eigenvalue weighted by Crippen LogP contribution is 2.10. The van der Waals surface area contributed by atoms with Crippen LogP contribution in [0.4, 0.5) is 0 Å². The number of carbonyl (C=O) groups is 1. The Morgan fingerprint density at radius 2 is 1.72 bits per heavy atom. The molecule has 2 rings (SSSR count). The molecule has 0 N–H and O–H groups in total. The number of amides is 1. The molecule has 18 heavy (non-hydrogen) atoms. The summed E-state index contributed by atoms with van der Waals surface area (Å²) >= 11 is 0. The van der Waals surface area contributed by atoms with Gasteiger partial charge in [-0.1, -0.05) is 6.07 Å². The molecular weight excluding hydrogens is 292 g/mol. The summed E-state index contributed by atoms with van der Waals surface area (Å²) in [5.41, 5.74) is 0. The molecule has 0 atom stereocenters. The van der Waals surface area contributed by atoms with Gasteiger partial charge in [0.05, 0.1) is 0 Å². The number of carbonyl (C=O) groups excluding carboxylic acids is 1. The molecule has 1 amide bonds. The second kappa shape index (κ2) is 8.25. The van der Waals surface area contributed by atoms with Crippen LogP contribution >= 0.6 is 0 Å². The second-order valence-electron chi connectivity index (χ2n) is 4.66. The van der Waals surface area contributed by atoms with Crippen LogP contribution < -0.4 is 21.5 Å².